The summed E-state index contributed by atoms with van der Waals surface area (Å²) in [6, 6.07) is 7.69. The van der Waals surface area contributed by atoms with E-state index < -0.39 is 6.10 Å². The lowest BCUT2D eigenvalue weighted by atomic mass is 9.71. The zero-order chi connectivity index (χ0) is 16.0. The molecule has 4 N–H and O–H groups in total. The summed E-state index contributed by atoms with van der Waals surface area (Å²) in [5.74, 6) is 0.0898. The maximum Gasteiger partial charge on any atom is 0.220 e. The van der Waals surface area contributed by atoms with Crippen LogP contribution in [0, 0.1) is 5.41 Å². The van der Waals surface area contributed by atoms with Crippen molar-refractivity contribution in [1.82, 2.24) is 5.32 Å². The first-order valence-corrected chi connectivity index (χ1v) is 8.28. The van der Waals surface area contributed by atoms with Crippen LogP contribution in [0.5, 0.6) is 0 Å². The number of carbonyl (C=O) groups excluding carboxylic acids is 1. The van der Waals surface area contributed by atoms with Gasteiger partial charge in [0.25, 0.3) is 0 Å². The van der Waals surface area contributed by atoms with E-state index in [9.17, 15) is 9.90 Å². The minimum atomic E-state index is -0.459. The van der Waals surface area contributed by atoms with E-state index in [0.717, 1.165) is 24.0 Å². The van der Waals surface area contributed by atoms with Crippen LogP contribution in [-0.4, -0.2) is 17.6 Å². The number of hydrogen-bond donors (Lipinski definition) is 3. The number of carbonyl (C=O) groups is 1. The molecule has 1 aliphatic rings. The molecule has 122 valence electrons. The van der Waals surface area contributed by atoms with Gasteiger partial charge in [0.15, 0.2) is 0 Å². The number of nitrogens with one attached hydrogen (secondary N) is 1. The van der Waals surface area contributed by atoms with E-state index in [1.165, 1.54) is 19.3 Å². The molecular weight excluding hydrogens is 276 g/mol. The van der Waals surface area contributed by atoms with Crippen LogP contribution in [0.2, 0.25) is 0 Å². The molecule has 0 bridgehead atoms. The molecular formula is C18H28N2O2. The fourth-order valence-electron chi connectivity index (χ4n) is 3.27. The van der Waals surface area contributed by atoms with Crippen molar-refractivity contribution in [2.75, 3.05) is 6.54 Å². The molecule has 0 aliphatic heterocycles. The second-order valence-electron chi connectivity index (χ2n) is 6.64. The Labute approximate surface area is 133 Å². The number of rotatable bonds is 6. The van der Waals surface area contributed by atoms with E-state index >= 15 is 0 Å². The van der Waals surface area contributed by atoms with Gasteiger partial charge in [0.1, 0.15) is 0 Å². The van der Waals surface area contributed by atoms with Gasteiger partial charge in [0.05, 0.1) is 6.10 Å². The van der Waals surface area contributed by atoms with Gasteiger partial charge in [-0.1, -0.05) is 43.5 Å². The summed E-state index contributed by atoms with van der Waals surface area (Å²) in [4.78, 5) is 12.2. The number of aliphatic hydroxyl groups excluding tert-OH is 1. The van der Waals surface area contributed by atoms with Gasteiger partial charge in [0.2, 0.25) is 5.91 Å². The lowest BCUT2D eigenvalue weighted by Gasteiger charge is -2.35. The van der Waals surface area contributed by atoms with E-state index in [4.69, 9.17) is 5.73 Å². The minimum absolute atomic E-state index is 0.0124. The Morgan fingerprint density at radius 2 is 1.91 bits per heavy atom. The van der Waals surface area contributed by atoms with Crippen molar-refractivity contribution in [3.8, 4) is 0 Å². The standard InChI is InChI=1S/C18H28N2O2/c1-14(21)16-7-5-15(6-8-16)12-20-17(22)11-18(13-19)9-3-2-4-10-18/h5-8,14,21H,2-4,9-13,19H2,1H3,(H,20,22). The Morgan fingerprint density at radius 1 is 1.27 bits per heavy atom. The average molecular weight is 304 g/mol. The van der Waals surface area contributed by atoms with Crippen LogP contribution in [0.3, 0.4) is 0 Å². The first-order valence-electron chi connectivity index (χ1n) is 8.28. The number of benzene rings is 1. The number of hydrogen-bond acceptors (Lipinski definition) is 3. The van der Waals surface area contributed by atoms with Crippen LogP contribution in [0.25, 0.3) is 0 Å². The molecule has 0 heterocycles. The van der Waals surface area contributed by atoms with Gasteiger partial charge >= 0.3 is 0 Å². The van der Waals surface area contributed by atoms with Crippen molar-refractivity contribution < 1.29 is 9.90 Å². The number of amides is 1. The molecule has 1 amide bonds. The Kier molecular flexibility index (Phi) is 5.98. The quantitative estimate of drug-likeness (QED) is 0.756. The van der Waals surface area contributed by atoms with Gasteiger partial charge in [-0.25, -0.2) is 0 Å². The molecule has 1 aliphatic carbocycles. The molecule has 0 radical (unpaired) electrons. The van der Waals surface area contributed by atoms with Crippen molar-refractivity contribution in [1.29, 1.82) is 0 Å². The van der Waals surface area contributed by atoms with Gasteiger partial charge in [-0.2, -0.15) is 0 Å². The van der Waals surface area contributed by atoms with Gasteiger partial charge in [-0.15, -0.1) is 0 Å². The normalized spacial score (nSPS) is 18.7. The molecule has 1 fully saturated rings. The highest BCUT2D eigenvalue weighted by Crippen LogP contribution is 2.38. The zero-order valence-corrected chi connectivity index (χ0v) is 13.5. The van der Waals surface area contributed by atoms with E-state index in [1.54, 1.807) is 6.92 Å². The molecule has 1 saturated carbocycles. The maximum atomic E-state index is 12.2. The van der Waals surface area contributed by atoms with Crippen LogP contribution in [0.15, 0.2) is 24.3 Å². The van der Waals surface area contributed by atoms with Gasteiger partial charge in [-0.05, 0) is 42.9 Å². The van der Waals surface area contributed by atoms with Crippen molar-refractivity contribution >= 4 is 5.91 Å². The summed E-state index contributed by atoms with van der Waals surface area (Å²) in [6.07, 6.45) is 5.85. The predicted molar refractivity (Wildman–Crippen MR) is 88.1 cm³/mol. The van der Waals surface area contributed by atoms with Crippen molar-refractivity contribution in [2.45, 2.75) is 58.1 Å². The van der Waals surface area contributed by atoms with Crippen LogP contribution in [-0.2, 0) is 11.3 Å². The summed E-state index contributed by atoms with van der Waals surface area (Å²) in [5, 5.41) is 12.5. The smallest absolute Gasteiger partial charge is 0.220 e. The van der Waals surface area contributed by atoms with E-state index in [1.807, 2.05) is 24.3 Å². The Balaban J connectivity index is 1.84. The molecule has 2 rings (SSSR count). The second-order valence-corrected chi connectivity index (χ2v) is 6.64. The summed E-state index contributed by atoms with van der Waals surface area (Å²) in [5.41, 5.74) is 7.88. The monoisotopic (exact) mass is 304 g/mol. The highest BCUT2D eigenvalue weighted by atomic mass is 16.3. The second kappa shape index (κ2) is 7.75. The van der Waals surface area contributed by atoms with Crippen LogP contribution in [0.4, 0.5) is 0 Å². The van der Waals surface area contributed by atoms with E-state index in [2.05, 4.69) is 5.32 Å². The molecule has 0 aromatic heterocycles. The third-order valence-electron chi connectivity index (χ3n) is 4.83. The van der Waals surface area contributed by atoms with Crippen molar-refractivity contribution in [2.24, 2.45) is 11.1 Å². The van der Waals surface area contributed by atoms with Crippen LogP contribution in [0.1, 0.15) is 62.7 Å². The average Bonchev–Trinajstić information content (AvgIpc) is 2.54. The summed E-state index contributed by atoms with van der Waals surface area (Å²) < 4.78 is 0. The lowest BCUT2D eigenvalue weighted by Crippen LogP contribution is -2.38. The van der Waals surface area contributed by atoms with Crippen molar-refractivity contribution in [3.05, 3.63) is 35.4 Å². The summed E-state index contributed by atoms with van der Waals surface area (Å²) in [7, 11) is 0. The molecule has 4 heteroatoms. The van der Waals surface area contributed by atoms with Gasteiger partial charge in [0, 0.05) is 13.0 Å². The van der Waals surface area contributed by atoms with E-state index in [-0.39, 0.29) is 11.3 Å². The highest BCUT2D eigenvalue weighted by Gasteiger charge is 2.32. The Bertz CT molecular complexity index is 476. The summed E-state index contributed by atoms with van der Waals surface area (Å²) in [6.45, 7) is 2.87. The Morgan fingerprint density at radius 3 is 2.45 bits per heavy atom. The molecule has 4 nitrogen and oxygen atoms in total. The molecule has 1 atom stereocenters. The SMILES string of the molecule is CC(O)c1ccc(CNC(=O)CC2(CN)CCCCC2)cc1. The first kappa shape index (κ1) is 17.0. The predicted octanol–water partition coefficient (Wildman–Crippen LogP) is 2.66. The minimum Gasteiger partial charge on any atom is -0.389 e. The molecule has 0 saturated heterocycles. The third kappa shape index (κ3) is 4.55. The zero-order valence-electron chi connectivity index (χ0n) is 13.5. The molecule has 1 unspecified atom stereocenters. The lowest BCUT2D eigenvalue weighted by molar-refractivity contribution is -0.124. The fraction of sp³-hybridized carbons (Fsp3) is 0.611. The van der Waals surface area contributed by atoms with Gasteiger partial charge in [-0.3, -0.25) is 4.79 Å². The maximum absolute atomic E-state index is 12.2. The topological polar surface area (TPSA) is 75.3 Å². The van der Waals surface area contributed by atoms with E-state index in [0.29, 0.717) is 19.5 Å². The number of nitrogens with two attached hydrogens (primary N) is 1. The first-order chi connectivity index (χ1) is 10.5. The highest BCUT2D eigenvalue weighted by molar-refractivity contribution is 5.76. The third-order valence-corrected chi connectivity index (χ3v) is 4.83. The van der Waals surface area contributed by atoms with Gasteiger partial charge < -0.3 is 16.2 Å². The molecule has 1 aromatic rings. The molecule has 22 heavy (non-hydrogen) atoms. The van der Waals surface area contributed by atoms with Crippen LogP contribution >= 0.6 is 0 Å². The van der Waals surface area contributed by atoms with Crippen LogP contribution < -0.4 is 11.1 Å². The Hall–Kier alpha value is -1.39. The van der Waals surface area contributed by atoms with Crippen molar-refractivity contribution in [3.63, 3.8) is 0 Å². The summed E-state index contributed by atoms with van der Waals surface area (Å²) >= 11 is 0. The molecule has 0 spiro atoms. The fourth-order valence-corrected chi connectivity index (χ4v) is 3.27. The number of aliphatic hydroxyl groups is 1. The molecule has 1 aromatic carbocycles. The largest absolute Gasteiger partial charge is 0.389 e.